The molecule has 1 fully saturated rings. The Hall–Kier alpha value is -1.10. The number of nitrogens with two attached hydrogens (primary N) is 1. The molecular weight excluding hydrogens is 196 g/mol. The molecule has 1 saturated carbocycles. The number of esters is 1. The zero-order chi connectivity index (χ0) is 11.3. The van der Waals surface area contributed by atoms with Gasteiger partial charge < -0.3 is 15.8 Å². The third-order valence-corrected chi connectivity index (χ3v) is 2.37. The predicted octanol–water partition coefficient (Wildman–Crippen LogP) is -0.207. The van der Waals surface area contributed by atoms with Gasteiger partial charge in [-0.3, -0.25) is 4.79 Å². The number of amides is 1. The van der Waals surface area contributed by atoms with Gasteiger partial charge in [0.25, 0.3) is 0 Å². The highest BCUT2D eigenvalue weighted by molar-refractivity contribution is 6.01. The summed E-state index contributed by atoms with van der Waals surface area (Å²) in [6, 6.07) is -1.19. The molecule has 0 saturated heterocycles. The van der Waals surface area contributed by atoms with Crippen molar-refractivity contribution in [2.24, 2.45) is 11.7 Å². The Morgan fingerprint density at radius 3 is 2.73 bits per heavy atom. The highest BCUT2D eigenvalue weighted by Crippen LogP contribution is 2.31. The van der Waals surface area contributed by atoms with Gasteiger partial charge in [-0.2, -0.15) is 0 Å². The van der Waals surface area contributed by atoms with Crippen molar-refractivity contribution in [3.05, 3.63) is 0 Å². The number of nitrogens with one attached hydrogen (secondary N) is 1. The second-order valence-corrected chi connectivity index (χ2v) is 3.75. The maximum Gasteiger partial charge on any atom is 0.332 e. The number of hydrogen-bond donors (Lipinski definition) is 2. The van der Waals surface area contributed by atoms with Gasteiger partial charge in [-0.05, 0) is 19.3 Å². The first kappa shape index (κ1) is 12.0. The molecule has 5 heteroatoms. The van der Waals surface area contributed by atoms with E-state index in [-0.39, 0.29) is 6.61 Å². The summed E-state index contributed by atoms with van der Waals surface area (Å²) in [5, 5.41) is 2.63. The molecule has 1 atom stereocenters. The van der Waals surface area contributed by atoms with Crippen molar-refractivity contribution in [1.29, 1.82) is 0 Å². The van der Waals surface area contributed by atoms with Gasteiger partial charge in [-0.15, -0.1) is 0 Å². The van der Waals surface area contributed by atoms with Crippen LogP contribution in [0.15, 0.2) is 0 Å². The Balaban J connectivity index is 2.15. The molecule has 1 unspecified atom stereocenters. The van der Waals surface area contributed by atoms with Crippen LogP contribution in [0.3, 0.4) is 0 Å². The first-order chi connectivity index (χ1) is 7.15. The molecule has 1 aliphatic carbocycles. The maximum absolute atomic E-state index is 11.3. The quantitative estimate of drug-likeness (QED) is 0.473. The van der Waals surface area contributed by atoms with Crippen LogP contribution in [0, 0.1) is 5.92 Å². The summed E-state index contributed by atoms with van der Waals surface area (Å²) >= 11 is 0. The van der Waals surface area contributed by atoms with E-state index in [1.807, 2.05) is 0 Å². The highest BCUT2D eigenvalue weighted by Gasteiger charge is 2.24. The van der Waals surface area contributed by atoms with Crippen molar-refractivity contribution in [1.82, 2.24) is 5.32 Å². The summed E-state index contributed by atoms with van der Waals surface area (Å²) in [5.41, 5.74) is 5.39. The fourth-order valence-corrected chi connectivity index (χ4v) is 1.26. The van der Waals surface area contributed by atoms with Gasteiger partial charge in [0.2, 0.25) is 5.91 Å². The van der Waals surface area contributed by atoms with Crippen molar-refractivity contribution in [2.45, 2.75) is 32.2 Å². The SMILES string of the molecule is CCOC(=O)C(N)C(=O)NCCC1CC1. The minimum absolute atomic E-state index is 0.238. The van der Waals surface area contributed by atoms with Gasteiger partial charge in [0.05, 0.1) is 6.61 Å². The Morgan fingerprint density at radius 2 is 2.20 bits per heavy atom. The van der Waals surface area contributed by atoms with Gasteiger partial charge >= 0.3 is 5.97 Å². The molecule has 86 valence electrons. The van der Waals surface area contributed by atoms with E-state index >= 15 is 0 Å². The van der Waals surface area contributed by atoms with Crippen LogP contribution in [-0.4, -0.2) is 31.1 Å². The van der Waals surface area contributed by atoms with Gasteiger partial charge in [-0.1, -0.05) is 12.8 Å². The summed E-state index contributed by atoms with van der Waals surface area (Å²) < 4.78 is 4.64. The molecule has 0 aromatic heterocycles. The fraction of sp³-hybridized carbons (Fsp3) is 0.800. The van der Waals surface area contributed by atoms with Crippen molar-refractivity contribution in [3.63, 3.8) is 0 Å². The Labute approximate surface area is 89.3 Å². The number of ether oxygens (including phenoxy) is 1. The van der Waals surface area contributed by atoms with Gasteiger partial charge in [0.15, 0.2) is 6.04 Å². The van der Waals surface area contributed by atoms with Crippen LogP contribution < -0.4 is 11.1 Å². The lowest BCUT2D eigenvalue weighted by Gasteiger charge is -2.10. The van der Waals surface area contributed by atoms with E-state index in [0.29, 0.717) is 6.54 Å². The van der Waals surface area contributed by atoms with Crippen molar-refractivity contribution < 1.29 is 14.3 Å². The molecule has 0 aromatic carbocycles. The molecule has 1 amide bonds. The molecule has 15 heavy (non-hydrogen) atoms. The molecule has 0 heterocycles. The largest absolute Gasteiger partial charge is 0.464 e. The third-order valence-electron chi connectivity index (χ3n) is 2.37. The monoisotopic (exact) mass is 214 g/mol. The van der Waals surface area contributed by atoms with Crippen LogP contribution in [-0.2, 0) is 14.3 Å². The zero-order valence-corrected chi connectivity index (χ0v) is 8.99. The molecule has 0 radical (unpaired) electrons. The molecule has 5 nitrogen and oxygen atoms in total. The third kappa shape index (κ3) is 4.29. The van der Waals surface area contributed by atoms with Crippen LogP contribution in [0.4, 0.5) is 0 Å². The van der Waals surface area contributed by atoms with E-state index in [1.54, 1.807) is 6.92 Å². The minimum Gasteiger partial charge on any atom is -0.464 e. The molecule has 0 aromatic rings. The molecule has 1 rings (SSSR count). The lowest BCUT2D eigenvalue weighted by molar-refractivity contribution is -0.147. The van der Waals surface area contributed by atoms with Crippen LogP contribution in [0.1, 0.15) is 26.2 Å². The van der Waals surface area contributed by atoms with E-state index in [1.165, 1.54) is 12.8 Å². The van der Waals surface area contributed by atoms with Crippen LogP contribution in [0.25, 0.3) is 0 Å². The van der Waals surface area contributed by atoms with Crippen LogP contribution in [0.5, 0.6) is 0 Å². The van der Waals surface area contributed by atoms with E-state index in [0.717, 1.165) is 12.3 Å². The Morgan fingerprint density at radius 1 is 1.53 bits per heavy atom. The Bertz CT molecular complexity index is 239. The molecular formula is C10H18N2O3. The number of hydrogen-bond acceptors (Lipinski definition) is 4. The molecule has 1 aliphatic rings. The number of rotatable bonds is 6. The van der Waals surface area contributed by atoms with Gasteiger partial charge in [0, 0.05) is 6.54 Å². The number of carbonyl (C=O) groups excluding carboxylic acids is 2. The van der Waals surface area contributed by atoms with E-state index in [4.69, 9.17) is 5.73 Å². The lowest BCUT2D eigenvalue weighted by atomic mass is 10.2. The normalized spacial score (nSPS) is 16.9. The maximum atomic E-state index is 11.3. The second-order valence-electron chi connectivity index (χ2n) is 3.75. The first-order valence-corrected chi connectivity index (χ1v) is 5.35. The topological polar surface area (TPSA) is 81.4 Å². The van der Waals surface area contributed by atoms with Crippen molar-refractivity contribution in [2.75, 3.05) is 13.2 Å². The first-order valence-electron chi connectivity index (χ1n) is 5.35. The smallest absolute Gasteiger partial charge is 0.332 e. The van der Waals surface area contributed by atoms with Gasteiger partial charge in [-0.25, -0.2) is 4.79 Å². The molecule has 0 bridgehead atoms. The fourth-order valence-electron chi connectivity index (χ4n) is 1.26. The summed E-state index contributed by atoms with van der Waals surface area (Å²) in [6.07, 6.45) is 3.47. The Kier molecular flexibility index (Phi) is 4.55. The summed E-state index contributed by atoms with van der Waals surface area (Å²) in [7, 11) is 0. The highest BCUT2D eigenvalue weighted by atomic mass is 16.5. The number of carbonyl (C=O) groups is 2. The molecule has 3 N–H and O–H groups in total. The van der Waals surface area contributed by atoms with Crippen LogP contribution in [0.2, 0.25) is 0 Å². The van der Waals surface area contributed by atoms with Crippen molar-refractivity contribution >= 4 is 11.9 Å². The molecule has 0 spiro atoms. The summed E-state index contributed by atoms with van der Waals surface area (Å²) in [4.78, 5) is 22.4. The second kappa shape index (κ2) is 5.70. The van der Waals surface area contributed by atoms with E-state index in [9.17, 15) is 9.59 Å². The average Bonchev–Trinajstić information content (AvgIpc) is 3.00. The van der Waals surface area contributed by atoms with E-state index in [2.05, 4.69) is 10.1 Å². The van der Waals surface area contributed by atoms with E-state index < -0.39 is 17.9 Å². The standard InChI is InChI=1S/C10H18N2O3/c1-2-15-10(14)8(11)9(13)12-6-5-7-3-4-7/h7-8H,2-6,11H2,1H3,(H,12,13). The average molecular weight is 214 g/mol. The molecule has 0 aliphatic heterocycles. The minimum atomic E-state index is -1.19. The van der Waals surface area contributed by atoms with Gasteiger partial charge in [0.1, 0.15) is 0 Å². The van der Waals surface area contributed by atoms with Crippen molar-refractivity contribution in [3.8, 4) is 0 Å². The van der Waals surface area contributed by atoms with Crippen LogP contribution >= 0.6 is 0 Å². The summed E-state index contributed by atoms with van der Waals surface area (Å²) in [5.74, 6) is -0.361. The lowest BCUT2D eigenvalue weighted by Crippen LogP contribution is -2.47. The zero-order valence-electron chi connectivity index (χ0n) is 8.99. The predicted molar refractivity (Wildman–Crippen MR) is 55.0 cm³/mol. The summed E-state index contributed by atoms with van der Waals surface area (Å²) in [6.45, 7) is 2.51.